The van der Waals surface area contributed by atoms with Gasteiger partial charge in [-0.3, -0.25) is 0 Å². The van der Waals surface area contributed by atoms with Crippen LogP contribution in [0.15, 0.2) is 0 Å². The van der Waals surface area contributed by atoms with E-state index in [0.29, 0.717) is 26.1 Å². The fraction of sp³-hybridized carbons (Fsp3) is 1.00. The fourth-order valence-corrected chi connectivity index (χ4v) is 2.28. The van der Waals surface area contributed by atoms with E-state index in [1.165, 1.54) is 6.26 Å². The summed E-state index contributed by atoms with van der Waals surface area (Å²) in [6, 6.07) is 0.0247. The number of likely N-dealkylation sites (N-methyl/N-ethyl adjacent to an activating group) is 1. The summed E-state index contributed by atoms with van der Waals surface area (Å²) in [5.74, 6) is 0.205. The van der Waals surface area contributed by atoms with Crippen LogP contribution in [0.25, 0.3) is 0 Å². The van der Waals surface area contributed by atoms with Gasteiger partial charge >= 0.3 is 0 Å². The van der Waals surface area contributed by atoms with Crippen LogP contribution in [-0.2, 0) is 19.3 Å². The van der Waals surface area contributed by atoms with E-state index < -0.39 is 9.84 Å². The number of rotatable bonds is 10. The molecule has 17 heavy (non-hydrogen) atoms. The van der Waals surface area contributed by atoms with E-state index in [0.717, 1.165) is 0 Å². The van der Waals surface area contributed by atoms with Crippen molar-refractivity contribution in [3.8, 4) is 0 Å². The van der Waals surface area contributed by atoms with Crippen molar-refractivity contribution >= 4 is 9.84 Å². The normalized spacial score (nSPS) is 14.2. The first kappa shape index (κ1) is 16.8. The lowest BCUT2D eigenvalue weighted by Gasteiger charge is -2.26. The van der Waals surface area contributed by atoms with E-state index in [1.54, 1.807) is 0 Å². The van der Waals surface area contributed by atoms with Crippen molar-refractivity contribution < 1.29 is 17.9 Å². The van der Waals surface area contributed by atoms with Gasteiger partial charge in [0.25, 0.3) is 0 Å². The van der Waals surface area contributed by atoms with Crippen LogP contribution in [0.2, 0.25) is 0 Å². The van der Waals surface area contributed by atoms with Gasteiger partial charge in [-0.15, -0.1) is 0 Å². The standard InChI is InChI=1S/C11H25NO4S/c1-5-15-11(16-6-2)10(12-3)8-7-9-17(4,13)14/h10-12H,5-9H2,1-4H3. The number of nitrogens with one attached hydrogen (secondary N) is 1. The summed E-state index contributed by atoms with van der Waals surface area (Å²) in [7, 11) is -1.06. The van der Waals surface area contributed by atoms with Crippen molar-refractivity contribution in [2.75, 3.05) is 32.3 Å². The van der Waals surface area contributed by atoms with Crippen LogP contribution in [0, 0.1) is 0 Å². The third-order valence-electron chi connectivity index (χ3n) is 2.39. The van der Waals surface area contributed by atoms with Gasteiger partial charge in [-0.1, -0.05) is 0 Å². The van der Waals surface area contributed by atoms with Crippen molar-refractivity contribution in [1.82, 2.24) is 5.32 Å². The molecule has 1 unspecified atom stereocenters. The Morgan fingerprint density at radius 3 is 2.06 bits per heavy atom. The summed E-state index contributed by atoms with van der Waals surface area (Å²) in [6.45, 7) is 4.98. The highest BCUT2D eigenvalue weighted by Crippen LogP contribution is 2.09. The molecule has 0 bridgehead atoms. The molecule has 1 N–H and O–H groups in total. The molecule has 0 rings (SSSR count). The number of hydrogen-bond donors (Lipinski definition) is 1. The molecule has 0 aliphatic heterocycles. The molecule has 0 aromatic carbocycles. The third-order valence-corrected chi connectivity index (χ3v) is 3.42. The lowest BCUT2D eigenvalue weighted by Crippen LogP contribution is -2.41. The fourth-order valence-electron chi connectivity index (χ4n) is 1.59. The molecule has 0 radical (unpaired) electrons. The van der Waals surface area contributed by atoms with Crippen LogP contribution in [0.1, 0.15) is 26.7 Å². The second-order valence-electron chi connectivity index (χ2n) is 3.95. The molecule has 0 aliphatic carbocycles. The first-order chi connectivity index (χ1) is 7.94. The summed E-state index contributed by atoms with van der Waals surface area (Å²) in [4.78, 5) is 0. The monoisotopic (exact) mass is 267 g/mol. The smallest absolute Gasteiger partial charge is 0.172 e. The minimum atomic E-state index is -2.89. The van der Waals surface area contributed by atoms with E-state index in [9.17, 15) is 8.42 Å². The first-order valence-corrected chi connectivity index (χ1v) is 8.08. The molecule has 0 saturated carbocycles. The summed E-state index contributed by atoms with van der Waals surface area (Å²) >= 11 is 0. The van der Waals surface area contributed by atoms with Gasteiger partial charge in [0.05, 0.1) is 6.04 Å². The van der Waals surface area contributed by atoms with Gasteiger partial charge in [0.2, 0.25) is 0 Å². The number of sulfone groups is 1. The Hall–Kier alpha value is -0.170. The van der Waals surface area contributed by atoms with E-state index in [2.05, 4.69) is 5.32 Å². The van der Waals surface area contributed by atoms with Crippen molar-refractivity contribution in [2.45, 2.75) is 39.0 Å². The summed E-state index contributed by atoms with van der Waals surface area (Å²) < 4.78 is 33.0. The maximum Gasteiger partial charge on any atom is 0.172 e. The summed E-state index contributed by atoms with van der Waals surface area (Å²) in [5.41, 5.74) is 0. The van der Waals surface area contributed by atoms with E-state index >= 15 is 0 Å². The molecule has 0 spiro atoms. The third kappa shape index (κ3) is 8.54. The second kappa shape index (κ2) is 8.85. The van der Waals surface area contributed by atoms with Crippen LogP contribution in [0.3, 0.4) is 0 Å². The van der Waals surface area contributed by atoms with Crippen molar-refractivity contribution in [3.63, 3.8) is 0 Å². The highest BCUT2D eigenvalue weighted by molar-refractivity contribution is 7.90. The largest absolute Gasteiger partial charge is 0.351 e. The zero-order valence-electron chi connectivity index (χ0n) is 11.2. The van der Waals surface area contributed by atoms with Gasteiger partial charge in [0.1, 0.15) is 9.84 Å². The molecule has 0 aromatic heterocycles. The molecule has 1 atom stereocenters. The molecule has 5 nitrogen and oxygen atoms in total. The quantitative estimate of drug-likeness (QED) is 0.593. The maximum atomic E-state index is 11.0. The Morgan fingerprint density at radius 1 is 1.18 bits per heavy atom. The first-order valence-electron chi connectivity index (χ1n) is 6.02. The van der Waals surface area contributed by atoms with Crippen molar-refractivity contribution in [2.24, 2.45) is 0 Å². The SMILES string of the molecule is CCOC(OCC)C(CCCS(C)(=O)=O)NC. The second-order valence-corrected chi connectivity index (χ2v) is 6.21. The Morgan fingerprint density at radius 2 is 1.71 bits per heavy atom. The molecular formula is C11H25NO4S. The van der Waals surface area contributed by atoms with Crippen LogP contribution in [0.4, 0.5) is 0 Å². The predicted octanol–water partition coefficient (Wildman–Crippen LogP) is 0.798. The molecule has 0 aliphatic rings. The van der Waals surface area contributed by atoms with Gasteiger partial charge in [0.15, 0.2) is 6.29 Å². The van der Waals surface area contributed by atoms with Crippen LogP contribution < -0.4 is 5.32 Å². The van der Waals surface area contributed by atoms with E-state index in [-0.39, 0.29) is 18.1 Å². The van der Waals surface area contributed by atoms with Crippen molar-refractivity contribution in [1.29, 1.82) is 0 Å². The zero-order valence-corrected chi connectivity index (χ0v) is 12.0. The lowest BCUT2D eigenvalue weighted by molar-refractivity contribution is -0.154. The highest BCUT2D eigenvalue weighted by Gasteiger charge is 2.20. The maximum absolute atomic E-state index is 11.0. The summed E-state index contributed by atoms with van der Waals surface area (Å²) in [6.07, 6.45) is 2.27. The predicted molar refractivity (Wildman–Crippen MR) is 68.8 cm³/mol. The Balaban J connectivity index is 4.17. The van der Waals surface area contributed by atoms with Crippen LogP contribution >= 0.6 is 0 Å². The number of ether oxygens (including phenoxy) is 2. The molecule has 0 heterocycles. The van der Waals surface area contributed by atoms with Gasteiger partial charge in [-0.05, 0) is 33.7 Å². The van der Waals surface area contributed by atoms with Crippen molar-refractivity contribution in [3.05, 3.63) is 0 Å². The highest BCUT2D eigenvalue weighted by atomic mass is 32.2. The van der Waals surface area contributed by atoms with Gasteiger partial charge in [-0.25, -0.2) is 8.42 Å². The average molecular weight is 267 g/mol. The molecule has 6 heteroatoms. The number of hydrogen-bond acceptors (Lipinski definition) is 5. The molecule has 0 fully saturated rings. The Labute approximate surface area is 105 Å². The Bertz CT molecular complexity index is 273. The molecular weight excluding hydrogens is 242 g/mol. The minimum Gasteiger partial charge on any atom is -0.351 e. The molecule has 0 aromatic rings. The van der Waals surface area contributed by atoms with Gasteiger partial charge in [0, 0.05) is 25.2 Å². The average Bonchev–Trinajstić information content (AvgIpc) is 2.23. The lowest BCUT2D eigenvalue weighted by atomic mass is 10.1. The summed E-state index contributed by atoms with van der Waals surface area (Å²) in [5, 5.41) is 3.11. The minimum absolute atomic E-state index is 0.0247. The van der Waals surface area contributed by atoms with Gasteiger partial charge in [-0.2, -0.15) is 0 Å². The van der Waals surface area contributed by atoms with Gasteiger partial charge < -0.3 is 14.8 Å². The van der Waals surface area contributed by atoms with E-state index in [4.69, 9.17) is 9.47 Å². The molecule has 0 saturated heterocycles. The zero-order chi connectivity index (χ0) is 13.3. The molecule has 0 amide bonds. The molecule has 104 valence electrons. The van der Waals surface area contributed by atoms with Crippen LogP contribution in [-0.4, -0.2) is 53.0 Å². The van der Waals surface area contributed by atoms with Crippen LogP contribution in [0.5, 0.6) is 0 Å². The topological polar surface area (TPSA) is 64.6 Å². The van der Waals surface area contributed by atoms with E-state index in [1.807, 2.05) is 20.9 Å². The Kier molecular flexibility index (Phi) is 8.77.